The van der Waals surface area contributed by atoms with Gasteiger partial charge in [-0.15, -0.1) is 0 Å². The predicted octanol–water partition coefficient (Wildman–Crippen LogP) is 3.74. The molecule has 2 aromatic rings. The summed E-state index contributed by atoms with van der Waals surface area (Å²) < 4.78 is 0. The quantitative estimate of drug-likeness (QED) is 0.882. The summed E-state index contributed by atoms with van der Waals surface area (Å²) in [5.41, 5.74) is 1.48. The molecule has 0 spiro atoms. The van der Waals surface area contributed by atoms with E-state index in [0.29, 0.717) is 11.1 Å². The number of H-pyrrole nitrogens is 1. The van der Waals surface area contributed by atoms with Crippen LogP contribution >= 0.6 is 0 Å². The summed E-state index contributed by atoms with van der Waals surface area (Å²) in [5, 5.41) is 4.32. The molecular formula is C18H25N3O2. The van der Waals surface area contributed by atoms with E-state index in [2.05, 4.69) is 17.2 Å². The van der Waals surface area contributed by atoms with Crippen LogP contribution < -0.4 is 10.9 Å². The van der Waals surface area contributed by atoms with Crippen molar-refractivity contribution in [2.45, 2.75) is 46.1 Å². The highest BCUT2D eigenvalue weighted by atomic mass is 16.2. The van der Waals surface area contributed by atoms with Crippen molar-refractivity contribution in [1.29, 1.82) is 0 Å². The Bertz CT molecular complexity index is 750. The van der Waals surface area contributed by atoms with E-state index in [4.69, 9.17) is 0 Å². The average Bonchev–Trinajstić information content (AvgIpc) is 2.52. The van der Waals surface area contributed by atoms with Gasteiger partial charge in [0, 0.05) is 29.9 Å². The molecule has 0 aliphatic rings. The number of nitrogens with one attached hydrogen (secondary N) is 2. The topological polar surface area (TPSA) is 65.2 Å². The Balaban J connectivity index is 2.27. The molecule has 2 N–H and O–H groups in total. The van der Waals surface area contributed by atoms with Crippen LogP contribution in [0.2, 0.25) is 0 Å². The van der Waals surface area contributed by atoms with Crippen LogP contribution in [0.15, 0.2) is 29.1 Å². The van der Waals surface area contributed by atoms with E-state index in [9.17, 15) is 9.59 Å². The van der Waals surface area contributed by atoms with Gasteiger partial charge in [0.1, 0.15) is 0 Å². The number of hydrogen-bond acceptors (Lipinski definition) is 2. The number of unbranched alkanes of at least 4 members (excludes halogenated alkanes) is 1. The van der Waals surface area contributed by atoms with E-state index in [1.807, 2.05) is 32.0 Å². The van der Waals surface area contributed by atoms with E-state index >= 15 is 0 Å². The first-order chi connectivity index (χ1) is 10.9. The number of benzene rings is 1. The van der Waals surface area contributed by atoms with Gasteiger partial charge in [0.05, 0.1) is 0 Å². The SMILES string of the molecule is CCCCc1cc2ccc(NC(=O)N(C)C(C)C)cc2c(=O)[nH]1. The number of anilines is 1. The molecule has 0 aliphatic carbocycles. The molecule has 0 aliphatic heterocycles. The van der Waals surface area contributed by atoms with E-state index in [-0.39, 0.29) is 17.6 Å². The highest BCUT2D eigenvalue weighted by molar-refractivity contribution is 5.93. The largest absolute Gasteiger partial charge is 0.326 e. The number of urea groups is 1. The van der Waals surface area contributed by atoms with Crippen LogP contribution in [0, 0.1) is 0 Å². The lowest BCUT2D eigenvalue weighted by Gasteiger charge is -2.21. The van der Waals surface area contributed by atoms with Crippen molar-refractivity contribution in [3.63, 3.8) is 0 Å². The molecule has 124 valence electrons. The van der Waals surface area contributed by atoms with Gasteiger partial charge in [0.25, 0.3) is 5.56 Å². The summed E-state index contributed by atoms with van der Waals surface area (Å²) in [6, 6.07) is 7.38. The molecule has 5 heteroatoms. The molecule has 1 heterocycles. The van der Waals surface area contributed by atoms with Gasteiger partial charge in [-0.25, -0.2) is 4.79 Å². The highest BCUT2D eigenvalue weighted by Gasteiger charge is 2.12. The maximum absolute atomic E-state index is 12.3. The number of carbonyl (C=O) groups is 1. The van der Waals surface area contributed by atoms with Gasteiger partial charge in [-0.1, -0.05) is 19.4 Å². The van der Waals surface area contributed by atoms with Crippen molar-refractivity contribution in [1.82, 2.24) is 9.88 Å². The fourth-order valence-electron chi connectivity index (χ4n) is 2.34. The van der Waals surface area contributed by atoms with Crippen molar-refractivity contribution in [3.05, 3.63) is 40.3 Å². The average molecular weight is 315 g/mol. The normalized spacial score (nSPS) is 11.0. The standard InChI is InChI=1S/C18H25N3O2/c1-5-6-7-14-10-13-8-9-15(11-16(13)17(22)19-14)20-18(23)21(4)12(2)3/h8-12H,5-7H2,1-4H3,(H,19,22)(H,20,23). The van der Waals surface area contributed by atoms with Crippen LogP contribution in [0.5, 0.6) is 0 Å². The van der Waals surface area contributed by atoms with Gasteiger partial charge < -0.3 is 15.2 Å². The molecule has 1 aromatic carbocycles. The van der Waals surface area contributed by atoms with Gasteiger partial charge in [-0.05, 0) is 50.3 Å². The number of nitrogens with zero attached hydrogens (tertiary/aromatic N) is 1. The number of rotatable bonds is 5. The molecule has 2 amide bonds. The van der Waals surface area contributed by atoms with Gasteiger partial charge in [0.15, 0.2) is 0 Å². The van der Waals surface area contributed by atoms with Gasteiger partial charge >= 0.3 is 6.03 Å². The molecule has 2 rings (SSSR count). The van der Waals surface area contributed by atoms with Gasteiger partial charge in [-0.2, -0.15) is 0 Å². The molecule has 0 saturated carbocycles. The zero-order valence-electron chi connectivity index (χ0n) is 14.3. The molecular weight excluding hydrogens is 290 g/mol. The second kappa shape index (κ2) is 7.31. The Morgan fingerprint density at radius 1 is 1.30 bits per heavy atom. The van der Waals surface area contributed by atoms with Crippen molar-refractivity contribution in [3.8, 4) is 0 Å². The number of aromatic nitrogens is 1. The van der Waals surface area contributed by atoms with Crippen LogP contribution in [-0.2, 0) is 6.42 Å². The number of hydrogen-bond donors (Lipinski definition) is 2. The minimum Gasteiger partial charge on any atom is -0.326 e. The van der Waals surface area contributed by atoms with E-state index in [0.717, 1.165) is 30.3 Å². The fraction of sp³-hybridized carbons (Fsp3) is 0.444. The van der Waals surface area contributed by atoms with Crippen molar-refractivity contribution in [2.24, 2.45) is 0 Å². The third-order valence-electron chi connectivity index (χ3n) is 4.05. The molecule has 0 atom stereocenters. The minimum atomic E-state index is -0.185. The Hall–Kier alpha value is -2.30. The number of fused-ring (bicyclic) bond motifs is 1. The maximum atomic E-state index is 12.3. The van der Waals surface area contributed by atoms with E-state index in [1.54, 1.807) is 18.0 Å². The summed E-state index contributed by atoms with van der Waals surface area (Å²) in [4.78, 5) is 28.9. The Kier molecular flexibility index (Phi) is 5.42. The summed E-state index contributed by atoms with van der Waals surface area (Å²) in [6.07, 6.45) is 3.02. The molecule has 0 bridgehead atoms. The lowest BCUT2D eigenvalue weighted by Crippen LogP contribution is -2.36. The lowest BCUT2D eigenvalue weighted by atomic mass is 10.1. The number of aromatic amines is 1. The summed E-state index contributed by atoms with van der Waals surface area (Å²) in [7, 11) is 1.74. The first-order valence-corrected chi connectivity index (χ1v) is 8.12. The molecule has 0 fully saturated rings. The Morgan fingerprint density at radius 3 is 2.70 bits per heavy atom. The van der Waals surface area contributed by atoms with Crippen molar-refractivity contribution in [2.75, 3.05) is 12.4 Å². The molecule has 0 saturated heterocycles. The van der Waals surface area contributed by atoms with Crippen LogP contribution in [-0.4, -0.2) is 29.0 Å². The number of amides is 2. The Labute approximate surface area is 136 Å². The lowest BCUT2D eigenvalue weighted by molar-refractivity contribution is 0.211. The van der Waals surface area contributed by atoms with Crippen molar-refractivity contribution < 1.29 is 4.79 Å². The zero-order valence-corrected chi connectivity index (χ0v) is 14.3. The predicted molar refractivity (Wildman–Crippen MR) is 95.1 cm³/mol. The summed E-state index contributed by atoms with van der Waals surface area (Å²) in [6.45, 7) is 6.02. The molecule has 23 heavy (non-hydrogen) atoms. The first-order valence-electron chi connectivity index (χ1n) is 8.12. The van der Waals surface area contributed by atoms with E-state index in [1.165, 1.54) is 0 Å². The third-order valence-corrected chi connectivity index (χ3v) is 4.05. The highest BCUT2D eigenvalue weighted by Crippen LogP contribution is 2.18. The van der Waals surface area contributed by atoms with Crippen molar-refractivity contribution >= 4 is 22.5 Å². The van der Waals surface area contributed by atoms with Crippen LogP contribution in [0.3, 0.4) is 0 Å². The van der Waals surface area contributed by atoms with Gasteiger partial charge in [0.2, 0.25) is 0 Å². The molecule has 5 nitrogen and oxygen atoms in total. The summed E-state index contributed by atoms with van der Waals surface area (Å²) >= 11 is 0. The fourth-order valence-corrected chi connectivity index (χ4v) is 2.34. The summed E-state index contributed by atoms with van der Waals surface area (Å²) in [5.74, 6) is 0. The van der Waals surface area contributed by atoms with Crippen LogP contribution in [0.25, 0.3) is 10.8 Å². The molecule has 0 radical (unpaired) electrons. The maximum Gasteiger partial charge on any atom is 0.321 e. The molecule has 0 unspecified atom stereocenters. The number of carbonyl (C=O) groups excluding carboxylic acids is 1. The van der Waals surface area contributed by atoms with E-state index < -0.39 is 0 Å². The molecule has 1 aromatic heterocycles. The second-order valence-corrected chi connectivity index (χ2v) is 6.16. The number of aryl methyl sites for hydroxylation is 1. The third kappa shape index (κ3) is 4.12. The van der Waals surface area contributed by atoms with Crippen LogP contribution in [0.1, 0.15) is 39.3 Å². The monoisotopic (exact) mass is 315 g/mol. The minimum absolute atomic E-state index is 0.109. The zero-order chi connectivity index (χ0) is 17.0. The second-order valence-electron chi connectivity index (χ2n) is 6.16. The smallest absolute Gasteiger partial charge is 0.321 e. The van der Waals surface area contributed by atoms with Crippen LogP contribution in [0.4, 0.5) is 10.5 Å². The first kappa shape index (κ1) is 17.1. The number of pyridine rings is 1. The Morgan fingerprint density at radius 2 is 2.04 bits per heavy atom. The van der Waals surface area contributed by atoms with Gasteiger partial charge in [-0.3, -0.25) is 4.79 Å².